The fraction of sp³-hybridized carbons (Fsp3) is 0.263. The molecule has 24 heavy (non-hydrogen) atoms. The molecule has 5 heteroatoms. The molecule has 1 heterocycles. The molecule has 0 radical (unpaired) electrons. The number of halogens is 1. The molecule has 0 bridgehead atoms. The first-order valence-electron chi connectivity index (χ1n) is 7.94. The van der Waals surface area contributed by atoms with Crippen LogP contribution in [0, 0.1) is 6.92 Å². The van der Waals surface area contributed by atoms with Crippen molar-refractivity contribution in [2.45, 2.75) is 26.4 Å². The summed E-state index contributed by atoms with van der Waals surface area (Å²) in [4.78, 5) is 17.8. The zero-order valence-electron chi connectivity index (χ0n) is 14.0. The van der Waals surface area contributed by atoms with E-state index in [1.165, 1.54) is 0 Å². The van der Waals surface area contributed by atoms with Gasteiger partial charge >= 0.3 is 0 Å². The molecule has 1 aromatic heterocycles. The number of hydrogen-bond donors (Lipinski definition) is 1. The number of nitrogens with zero attached hydrogens (tertiary/aromatic N) is 2. The number of aryl methyl sites for hydroxylation is 1. The first kappa shape index (κ1) is 16.7. The van der Waals surface area contributed by atoms with Crippen molar-refractivity contribution in [2.75, 3.05) is 7.05 Å². The van der Waals surface area contributed by atoms with Gasteiger partial charge in [0, 0.05) is 18.2 Å². The summed E-state index contributed by atoms with van der Waals surface area (Å²) in [6.07, 6.45) is 0. The molecule has 0 saturated carbocycles. The van der Waals surface area contributed by atoms with Crippen LogP contribution < -0.4 is 10.9 Å². The number of aromatic nitrogens is 2. The number of likely N-dealkylation sites (N-methyl/N-ethyl adjacent to an activating group) is 1. The van der Waals surface area contributed by atoms with E-state index in [1.807, 2.05) is 45.2 Å². The van der Waals surface area contributed by atoms with Gasteiger partial charge in [0.25, 0.3) is 5.56 Å². The molecule has 3 aromatic rings. The van der Waals surface area contributed by atoms with E-state index >= 15 is 0 Å². The van der Waals surface area contributed by atoms with Crippen molar-refractivity contribution >= 4 is 22.5 Å². The van der Waals surface area contributed by atoms with Gasteiger partial charge in [0.2, 0.25) is 0 Å². The molecule has 0 spiro atoms. The zero-order valence-corrected chi connectivity index (χ0v) is 14.8. The number of nitrogens with one attached hydrogen (secondary N) is 1. The lowest BCUT2D eigenvalue weighted by atomic mass is 10.1. The van der Waals surface area contributed by atoms with Gasteiger partial charge < -0.3 is 5.32 Å². The number of benzene rings is 2. The Morgan fingerprint density at radius 3 is 2.58 bits per heavy atom. The lowest BCUT2D eigenvalue weighted by Crippen LogP contribution is -2.33. The van der Waals surface area contributed by atoms with Crippen LogP contribution in [0.1, 0.15) is 12.5 Å². The number of fused-ring (bicyclic) bond motifs is 1. The molecule has 1 unspecified atom stereocenters. The lowest BCUT2D eigenvalue weighted by Gasteiger charge is -2.18. The Kier molecular flexibility index (Phi) is 4.69. The molecule has 1 N–H and O–H groups in total. The molecule has 0 amide bonds. The van der Waals surface area contributed by atoms with Crippen LogP contribution in [0.15, 0.2) is 47.3 Å². The molecule has 0 fully saturated rings. The SMILES string of the molecule is CNC(C)Cn1c(-c2ccc(C)cc2)nc2c(Cl)cccc2c1=O. The minimum absolute atomic E-state index is 0.0693. The van der Waals surface area contributed by atoms with Gasteiger partial charge in [-0.3, -0.25) is 9.36 Å². The van der Waals surface area contributed by atoms with Crippen LogP contribution in [0.4, 0.5) is 0 Å². The van der Waals surface area contributed by atoms with Gasteiger partial charge in [0.1, 0.15) is 5.82 Å². The molecule has 0 aliphatic rings. The minimum atomic E-state index is -0.0693. The molecule has 4 nitrogen and oxygen atoms in total. The highest BCUT2D eigenvalue weighted by Gasteiger charge is 2.15. The molecular weight excluding hydrogens is 322 g/mol. The Labute approximate surface area is 146 Å². The Balaban J connectivity index is 2.31. The monoisotopic (exact) mass is 341 g/mol. The van der Waals surface area contributed by atoms with Crippen LogP contribution in [0.2, 0.25) is 5.02 Å². The second kappa shape index (κ2) is 6.75. The molecule has 1 atom stereocenters. The second-order valence-electron chi connectivity index (χ2n) is 6.04. The van der Waals surface area contributed by atoms with E-state index in [2.05, 4.69) is 5.32 Å². The highest BCUT2D eigenvalue weighted by atomic mass is 35.5. The predicted molar refractivity (Wildman–Crippen MR) is 99.7 cm³/mol. The van der Waals surface area contributed by atoms with Crippen LogP contribution in [-0.2, 0) is 6.54 Å². The van der Waals surface area contributed by atoms with Crippen molar-refractivity contribution in [1.82, 2.24) is 14.9 Å². The number of rotatable bonds is 4. The van der Waals surface area contributed by atoms with Crippen LogP contribution in [0.5, 0.6) is 0 Å². The maximum absolute atomic E-state index is 13.0. The van der Waals surface area contributed by atoms with E-state index in [0.29, 0.717) is 28.3 Å². The van der Waals surface area contributed by atoms with Crippen molar-refractivity contribution in [2.24, 2.45) is 0 Å². The van der Waals surface area contributed by atoms with Crippen molar-refractivity contribution < 1.29 is 0 Å². The van der Waals surface area contributed by atoms with Gasteiger partial charge in [0.05, 0.1) is 15.9 Å². The Morgan fingerprint density at radius 2 is 1.92 bits per heavy atom. The van der Waals surface area contributed by atoms with E-state index in [4.69, 9.17) is 16.6 Å². The Bertz CT molecular complexity index is 932. The molecular formula is C19H20ClN3O. The van der Waals surface area contributed by atoms with E-state index in [-0.39, 0.29) is 11.6 Å². The van der Waals surface area contributed by atoms with Crippen molar-refractivity contribution in [3.8, 4) is 11.4 Å². The van der Waals surface area contributed by atoms with Gasteiger partial charge in [-0.15, -0.1) is 0 Å². The summed E-state index contributed by atoms with van der Waals surface area (Å²) >= 11 is 6.28. The maximum atomic E-state index is 13.0. The number of hydrogen-bond acceptors (Lipinski definition) is 3. The topological polar surface area (TPSA) is 46.9 Å². The third-order valence-electron chi connectivity index (χ3n) is 4.19. The van der Waals surface area contributed by atoms with Gasteiger partial charge in [-0.1, -0.05) is 47.5 Å². The quantitative estimate of drug-likeness (QED) is 0.788. The van der Waals surface area contributed by atoms with E-state index in [0.717, 1.165) is 11.1 Å². The van der Waals surface area contributed by atoms with Gasteiger partial charge in [-0.2, -0.15) is 0 Å². The third-order valence-corrected chi connectivity index (χ3v) is 4.50. The molecule has 3 rings (SSSR count). The highest BCUT2D eigenvalue weighted by molar-refractivity contribution is 6.35. The third kappa shape index (κ3) is 3.07. The smallest absolute Gasteiger partial charge is 0.261 e. The van der Waals surface area contributed by atoms with Gasteiger partial charge in [-0.25, -0.2) is 4.98 Å². The molecule has 0 saturated heterocycles. The van der Waals surface area contributed by atoms with Crippen molar-refractivity contribution in [3.05, 3.63) is 63.4 Å². The summed E-state index contributed by atoms with van der Waals surface area (Å²) < 4.78 is 1.73. The summed E-state index contributed by atoms with van der Waals surface area (Å²) in [5.74, 6) is 0.641. The molecule has 2 aromatic carbocycles. The fourth-order valence-corrected chi connectivity index (χ4v) is 2.88. The number of para-hydroxylation sites is 1. The Hall–Kier alpha value is -2.17. The van der Waals surface area contributed by atoms with Gasteiger partial charge in [0.15, 0.2) is 0 Å². The summed E-state index contributed by atoms with van der Waals surface area (Å²) in [7, 11) is 1.88. The first-order valence-corrected chi connectivity index (χ1v) is 8.32. The summed E-state index contributed by atoms with van der Waals surface area (Å²) in [5.41, 5.74) is 2.55. The van der Waals surface area contributed by atoms with E-state index in [1.54, 1.807) is 22.8 Å². The second-order valence-corrected chi connectivity index (χ2v) is 6.45. The van der Waals surface area contributed by atoms with Crippen LogP contribution in [-0.4, -0.2) is 22.6 Å². The maximum Gasteiger partial charge on any atom is 0.261 e. The highest BCUT2D eigenvalue weighted by Crippen LogP contribution is 2.24. The van der Waals surface area contributed by atoms with E-state index < -0.39 is 0 Å². The fourth-order valence-electron chi connectivity index (χ4n) is 2.67. The normalized spacial score (nSPS) is 12.5. The predicted octanol–water partition coefficient (Wildman–Crippen LogP) is 3.63. The average Bonchev–Trinajstić information content (AvgIpc) is 2.58. The summed E-state index contributed by atoms with van der Waals surface area (Å²) in [6, 6.07) is 13.5. The Morgan fingerprint density at radius 1 is 1.21 bits per heavy atom. The first-order chi connectivity index (χ1) is 11.5. The van der Waals surface area contributed by atoms with Crippen molar-refractivity contribution in [1.29, 1.82) is 0 Å². The molecule has 0 aliphatic heterocycles. The standard InChI is InChI=1S/C19H20ClN3O/c1-12-7-9-14(10-8-12)18-22-17-15(5-4-6-16(17)20)19(24)23(18)11-13(2)21-3/h4-10,13,21H,11H2,1-3H3. The van der Waals surface area contributed by atoms with E-state index in [9.17, 15) is 4.79 Å². The molecule has 0 aliphatic carbocycles. The summed E-state index contributed by atoms with van der Waals surface area (Å²) in [5, 5.41) is 4.21. The minimum Gasteiger partial charge on any atom is -0.315 e. The van der Waals surface area contributed by atoms with Crippen molar-refractivity contribution in [3.63, 3.8) is 0 Å². The van der Waals surface area contributed by atoms with Crippen LogP contribution >= 0.6 is 11.6 Å². The lowest BCUT2D eigenvalue weighted by molar-refractivity contribution is 0.507. The largest absolute Gasteiger partial charge is 0.315 e. The van der Waals surface area contributed by atoms with Crippen LogP contribution in [0.3, 0.4) is 0 Å². The van der Waals surface area contributed by atoms with Crippen LogP contribution in [0.25, 0.3) is 22.3 Å². The average molecular weight is 342 g/mol. The summed E-state index contributed by atoms with van der Waals surface area (Å²) in [6.45, 7) is 4.60. The van der Waals surface area contributed by atoms with Gasteiger partial charge in [-0.05, 0) is 33.0 Å². The zero-order chi connectivity index (χ0) is 17.3. The molecule has 124 valence electrons.